The Morgan fingerprint density at radius 3 is 2.55 bits per heavy atom. The number of carbonyl (C=O) groups is 1. The molecule has 0 saturated carbocycles. The van der Waals surface area contributed by atoms with Crippen molar-refractivity contribution in [2.24, 2.45) is 5.73 Å². The molecule has 0 aliphatic carbocycles. The molecular weight excluding hydrogens is 162 g/mol. The molecule has 0 aromatic rings. The van der Waals surface area contributed by atoms with Gasteiger partial charge in [-0.25, -0.2) is 0 Å². The number of carbonyl (C=O) groups excluding carboxylic acids is 1. The van der Waals surface area contributed by atoms with Gasteiger partial charge in [-0.15, -0.1) is 0 Å². The lowest BCUT2D eigenvalue weighted by molar-refractivity contribution is -0.108. The number of halogens is 1. The first-order valence-corrected chi connectivity index (χ1v) is 3.51. The van der Waals surface area contributed by atoms with Gasteiger partial charge in [0.15, 0.2) is 0 Å². The zero-order valence-corrected chi connectivity index (χ0v) is 7.01. The Hall–Kier alpha value is -1.02. The molecule has 0 aromatic heterocycles. The fraction of sp³-hybridized carbons (Fsp3) is 0.125. The van der Waals surface area contributed by atoms with Crippen molar-refractivity contribution in [2.45, 2.75) is 6.92 Å². The van der Waals surface area contributed by atoms with E-state index < -0.39 is 5.24 Å². The van der Waals surface area contributed by atoms with Crippen LogP contribution in [0.3, 0.4) is 0 Å². The third-order valence-electron chi connectivity index (χ3n) is 0.960. The molecule has 0 bridgehead atoms. The Balaban J connectivity index is 4.45. The first kappa shape index (κ1) is 9.98. The number of rotatable bonds is 3. The maximum absolute atomic E-state index is 10.6. The van der Waals surface area contributed by atoms with E-state index in [1.54, 1.807) is 31.2 Å². The van der Waals surface area contributed by atoms with Crippen molar-refractivity contribution in [3.05, 3.63) is 36.1 Å². The first-order chi connectivity index (χ1) is 5.22. The van der Waals surface area contributed by atoms with Crippen LogP contribution in [0.25, 0.3) is 0 Å². The fourth-order valence-corrected chi connectivity index (χ4v) is 0.651. The van der Waals surface area contributed by atoms with Gasteiger partial charge in [0.2, 0.25) is 0 Å². The molecule has 0 rings (SSSR count). The summed E-state index contributed by atoms with van der Waals surface area (Å²) in [6.07, 6.45) is 7.79. The summed E-state index contributed by atoms with van der Waals surface area (Å²) in [4.78, 5) is 10.6. The van der Waals surface area contributed by atoms with Crippen LogP contribution in [0.5, 0.6) is 0 Å². The van der Waals surface area contributed by atoms with E-state index in [9.17, 15) is 4.79 Å². The van der Waals surface area contributed by atoms with Gasteiger partial charge in [0.05, 0.1) is 0 Å². The normalized spacial score (nSPS) is 13.1. The molecule has 0 amide bonds. The molecule has 0 spiro atoms. The van der Waals surface area contributed by atoms with E-state index in [0.29, 0.717) is 5.57 Å². The average molecular weight is 172 g/mol. The second kappa shape index (κ2) is 5.74. The van der Waals surface area contributed by atoms with Crippen molar-refractivity contribution in [3.8, 4) is 0 Å². The largest absolute Gasteiger partial charge is 0.405 e. The van der Waals surface area contributed by atoms with Crippen molar-refractivity contribution in [2.75, 3.05) is 0 Å². The molecule has 0 saturated heterocycles. The number of nitrogens with two attached hydrogens (primary N) is 1. The highest BCUT2D eigenvalue weighted by molar-refractivity contribution is 6.68. The molecule has 0 atom stereocenters. The maximum atomic E-state index is 10.6. The van der Waals surface area contributed by atoms with Crippen LogP contribution in [-0.2, 0) is 4.79 Å². The summed E-state index contributed by atoms with van der Waals surface area (Å²) in [6, 6.07) is 0. The second-order valence-corrected chi connectivity index (χ2v) is 2.12. The zero-order valence-electron chi connectivity index (χ0n) is 6.25. The van der Waals surface area contributed by atoms with Crippen molar-refractivity contribution in [3.63, 3.8) is 0 Å². The topological polar surface area (TPSA) is 43.1 Å². The average Bonchev–Trinajstić information content (AvgIpc) is 1.97. The fourth-order valence-electron chi connectivity index (χ4n) is 0.525. The van der Waals surface area contributed by atoms with Crippen LogP contribution in [0.4, 0.5) is 0 Å². The smallest absolute Gasteiger partial charge is 0.252 e. The van der Waals surface area contributed by atoms with Gasteiger partial charge in [-0.05, 0) is 36.9 Å². The van der Waals surface area contributed by atoms with Gasteiger partial charge in [-0.2, -0.15) is 0 Å². The monoisotopic (exact) mass is 171 g/mol. The van der Waals surface area contributed by atoms with Crippen molar-refractivity contribution in [1.29, 1.82) is 0 Å². The highest BCUT2D eigenvalue weighted by Crippen LogP contribution is 2.02. The Labute approximate surface area is 71.0 Å². The second-order valence-electron chi connectivity index (χ2n) is 1.78. The van der Waals surface area contributed by atoms with Gasteiger partial charge >= 0.3 is 0 Å². The minimum Gasteiger partial charge on any atom is -0.405 e. The van der Waals surface area contributed by atoms with Gasteiger partial charge in [-0.1, -0.05) is 12.2 Å². The Morgan fingerprint density at radius 1 is 1.55 bits per heavy atom. The first-order valence-electron chi connectivity index (χ1n) is 3.13. The molecule has 0 heterocycles. The third kappa shape index (κ3) is 4.39. The van der Waals surface area contributed by atoms with Crippen molar-refractivity contribution < 1.29 is 4.79 Å². The van der Waals surface area contributed by atoms with E-state index in [1.807, 2.05) is 0 Å². The molecule has 0 aliphatic rings. The lowest BCUT2D eigenvalue weighted by Crippen LogP contribution is -1.88. The van der Waals surface area contributed by atoms with Crippen LogP contribution in [0.2, 0.25) is 0 Å². The molecule has 2 nitrogen and oxygen atoms in total. The van der Waals surface area contributed by atoms with E-state index in [1.165, 1.54) is 6.20 Å². The zero-order chi connectivity index (χ0) is 8.69. The standard InChI is InChI=1S/C8H10ClNO/c1-2-4-7(8(9)11)5-3-6-10/h2-6H,10H2,1H3/b4-2-,6-3-,7-5+. The summed E-state index contributed by atoms with van der Waals surface area (Å²) in [7, 11) is 0. The molecule has 2 N–H and O–H groups in total. The summed E-state index contributed by atoms with van der Waals surface area (Å²) in [5, 5.41) is -0.485. The van der Waals surface area contributed by atoms with E-state index in [-0.39, 0.29) is 0 Å². The van der Waals surface area contributed by atoms with E-state index >= 15 is 0 Å². The predicted octanol–water partition coefficient (Wildman–Crippen LogP) is 1.73. The Bertz CT molecular complexity index is 216. The number of allylic oxidation sites excluding steroid dienone is 5. The van der Waals surface area contributed by atoms with E-state index in [2.05, 4.69) is 0 Å². The summed E-state index contributed by atoms with van der Waals surface area (Å²) in [5.74, 6) is 0. The predicted molar refractivity (Wildman–Crippen MR) is 47.1 cm³/mol. The van der Waals surface area contributed by atoms with Crippen LogP contribution in [0.1, 0.15) is 6.92 Å². The SMILES string of the molecule is C\C=C/C(=C\C=C/N)C(=O)Cl. The quantitative estimate of drug-likeness (QED) is 0.399. The van der Waals surface area contributed by atoms with Crippen LogP contribution >= 0.6 is 11.6 Å². The van der Waals surface area contributed by atoms with Gasteiger partial charge in [0.25, 0.3) is 5.24 Å². The molecule has 60 valence electrons. The van der Waals surface area contributed by atoms with Crippen LogP contribution in [0.15, 0.2) is 36.1 Å². The number of hydrogen-bond donors (Lipinski definition) is 1. The van der Waals surface area contributed by atoms with E-state index in [0.717, 1.165) is 0 Å². The van der Waals surface area contributed by atoms with Gasteiger partial charge in [-0.3, -0.25) is 4.79 Å². The third-order valence-corrected chi connectivity index (χ3v) is 1.18. The minimum atomic E-state index is -0.485. The minimum absolute atomic E-state index is 0.427. The van der Waals surface area contributed by atoms with Gasteiger partial charge < -0.3 is 5.73 Å². The highest BCUT2D eigenvalue weighted by atomic mass is 35.5. The Morgan fingerprint density at radius 2 is 2.18 bits per heavy atom. The molecule has 0 aromatic carbocycles. The molecule has 0 fully saturated rings. The lowest BCUT2D eigenvalue weighted by atomic mass is 10.2. The summed E-state index contributed by atoms with van der Waals surface area (Å²) >= 11 is 5.23. The maximum Gasteiger partial charge on any atom is 0.252 e. The summed E-state index contributed by atoms with van der Waals surface area (Å²) < 4.78 is 0. The van der Waals surface area contributed by atoms with Crippen LogP contribution < -0.4 is 5.73 Å². The summed E-state index contributed by atoms with van der Waals surface area (Å²) in [6.45, 7) is 1.81. The molecule has 0 aliphatic heterocycles. The summed E-state index contributed by atoms with van der Waals surface area (Å²) in [5.41, 5.74) is 5.50. The molecular formula is C8H10ClNO. The molecule has 0 radical (unpaired) electrons. The highest BCUT2D eigenvalue weighted by Gasteiger charge is 1.98. The van der Waals surface area contributed by atoms with Gasteiger partial charge in [0, 0.05) is 5.57 Å². The molecule has 3 heteroatoms. The molecule has 0 unspecified atom stereocenters. The molecule has 11 heavy (non-hydrogen) atoms. The number of hydrogen-bond acceptors (Lipinski definition) is 2. The van der Waals surface area contributed by atoms with E-state index in [4.69, 9.17) is 17.3 Å². The van der Waals surface area contributed by atoms with Crippen molar-refractivity contribution in [1.82, 2.24) is 0 Å². The van der Waals surface area contributed by atoms with Crippen LogP contribution in [0, 0.1) is 0 Å². The Kier molecular flexibility index (Phi) is 5.21. The van der Waals surface area contributed by atoms with Crippen molar-refractivity contribution >= 4 is 16.8 Å². The van der Waals surface area contributed by atoms with Gasteiger partial charge in [0.1, 0.15) is 0 Å². The lowest BCUT2D eigenvalue weighted by Gasteiger charge is -1.88. The van der Waals surface area contributed by atoms with Crippen LogP contribution in [-0.4, -0.2) is 5.24 Å².